The van der Waals surface area contributed by atoms with E-state index in [1.807, 2.05) is 0 Å². The molecule has 1 atom stereocenters. The molecule has 1 rings (SSSR count). The second-order valence-corrected chi connectivity index (χ2v) is 3.94. The van der Waals surface area contributed by atoms with Gasteiger partial charge in [0.15, 0.2) is 0 Å². The molecule has 82 valence electrons. The average molecular weight is 230 g/mol. The molecular formula is C10H12ClNO3. The SMILES string of the molecule is CC(Cl)CNC(=O)c1cc(O)ccc1O. The average Bonchev–Trinajstić information content (AvgIpc) is 2.18. The van der Waals surface area contributed by atoms with Crippen molar-refractivity contribution in [3.8, 4) is 11.5 Å². The predicted octanol–water partition coefficient (Wildman–Crippen LogP) is 1.45. The lowest BCUT2D eigenvalue weighted by Gasteiger charge is -2.07. The molecule has 3 N–H and O–H groups in total. The monoisotopic (exact) mass is 229 g/mol. The van der Waals surface area contributed by atoms with E-state index in [1.54, 1.807) is 6.92 Å². The number of halogens is 1. The van der Waals surface area contributed by atoms with Crippen LogP contribution in [-0.4, -0.2) is 28.0 Å². The summed E-state index contributed by atoms with van der Waals surface area (Å²) in [6, 6.07) is 3.76. The minimum absolute atomic E-state index is 0.0346. The van der Waals surface area contributed by atoms with Gasteiger partial charge in [0.1, 0.15) is 11.5 Å². The van der Waals surface area contributed by atoms with Crippen LogP contribution < -0.4 is 5.32 Å². The number of rotatable bonds is 3. The first kappa shape index (κ1) is 11.7. The summed E-state index contributed by atoms with van der Waals surface area (Å²) in [6.07, 6.45) is 0. The number of hydrogen-bond acceptors (Lipinski definition) is 3. The predicted molar refractivity (Wildman–Crippen MR) is 57.4 cm³/mol. The van der Waals surface area contributed by atoms with Crippen LogP contribution in [0, 0.1) is 0 Å². The molecule has 1 unspecified atom stereocenters. The Morgan fingerprint density at radius 3 is 2.80 bits per heavy atom. The number of phenolic OH excluding ortho intramolecular Hbond substituents is 2. The van der Waals surface area contributed by atoms with Crippen LogP contribution in [0.15, 0.2) is 18.2 Å². The quantitative estimate of drug-likeness (QED) is 0.543. The van der Waals surface area contributed by atoms with Crippen molar-refractivity contribution < 1.29 is 15.0 Å². The Morgan fingerprint density at radius 1 is 1.53 bits per heavy atom. The molecule has 15 heavy (non-hydrogen) atoms. The Hall–Kier alpha value is -1.42. The lowest BCUT2D eigenvalue weighted by molar-refractivity contribution is 0.0951. The first-order valence-electron chi connectivity index (χ1n) is 4.45. The maximum absolute atomic E-state index is 11.5. The molecule has 0 saturated carbocycles. The molecule has 0 aliphatic heterocycles. The highest BCUT2D eigenvalue weighted by Gasteiger charge is 2.11. The van der Waals surface area contributed by atoms with Crippen molar-refractivity contribution in [1.82, 2.24) is 5.32 Å². The van der Waals surface area contributed by atoms with Crippen molar-refractivity contribution in [3.05, 3.63) is 23.8 Å². The molecule has 0 bridgehead atoms. The van der Waals surface area contributed by atoms with Gasteiger partial charge in [-0.3, -0.25) is 4.79 Å². The van der Waals surface area contributed by atoms with E-state index in [0.29, 0.717) is 6.54 Å². The lowest BCUT2D eigenvalue weighted by Crippen LogP contribution is -2.28. The number of aromatic hydroxyl groups is 2. The normalized spacial score (nSPS) is 12.1. The third kappa shape index (κ3) is 3.32. The molecule has 0 fully saturated rings. The smallest absolute Gasteiger partial charge is 0.255 e. The van der Waals surface area contributed by atoms with Gasteiger partial charge in [0.2, 0.25) is 0 Å². The number of alkyl halides is 1. The number of hydrogen-bond donors (Lipinski definition) is 3. The molecule has 0 aromatic heterocycles. The van der Waals surface area contributed by atoms with Crippen LogP contribution in [0.1, 0.15) is 17.3 Å². The summed E-state index contributed by atoms with van der Waals surface area (Å²) in [5.74, 6) is -0.708. The molecule has 5 heteroatoms. The number of carbonyl (C=O) groups excluding carboxylic acids is 1. The fourth-order valence-electron chi connectivity index (χ4n) is 1.03. The maximum atomic E-state index is 11.5. The molecule has 0 heterocycles. The third-order valence-corrected chi connectivity index (χ3v) is 1.92. The van der Waals surface area contributed by atoms with E-state index in [2.05, 4.69) is 5.32 Å². The first-order chi connectivity index (χ1) is 7.00. The minimum Gasteiger partial charge on any atom is -0.508 e. The highest BCUT2D eigenvalue weighted by Crippen LogP contribution is 2.21. The van der Waals surface area contributed by atoms with Gasteiger partial charge in [-0.15, -0.1) is 11.6 Å². The first-order valence-corrected chi connectivity index (χ1v) is 4.88. The van der Waals surface area contributed by atoms with Gasteiger partial charge in [-0.1, -0.05) is 0 Å². The summed E-state index contributed by atoms with van der Waals surface area (Å²) >= 11 is 5.65. The molecule has 0 saturated heterocycles. The zero-order chi connectivity index (χ0) is 11.4. The zero-order valence-corrected chi connectivity index (χ0v) is 8.95. The van der Waals surface area contributed by atoms with Gasteiger partial charge < -0.3 is 15.5 Å². The Labute approximate surface area is 92.5 Å². The molecule has 1 aromatic rings. The van der Waals surface area contributed by atoms with Gasteiger partial charge in [0, 0.05) is 11.9 Å². The van der Waals surface area contributed by atoms with E-state index in [9.17, 15) is 9.90 Å². The van der Waals surface area contributed by atoms with Crippen LogP contribution in [0.4, 0.5) is 0 Å². The summed E-state index contributed by atoms with van der Waals surface area (Å²) < 4.78 is 0. The standard InChI is InChI=1S/C10H12ClNO3/c1-6(11)5-12-10(15)8-4-7(13)2-3-9(8)14/h2-4,6,13-14H,5H2,1H3,(H,12,15). The van der Waals surface area contributed by atoms with E-state index >= 15 is 0 Å². The highest BCUT2D eigenvalue weighted by atomic mass is 35.5. The van der Waals surface area contributed by atoms with Crippen molar-refractivity contribution in [2.24, 2.45) is 0 Å². The third-order valence-electron chi connectivity index (χ3n) is 1.77. The van der Waals surface area contributed by atoms with Crippen molar-refractivity contribution >= 4 is 17.5 Å². The number of amides is 1. The van der Waals surface area contributed by atoms with Crippen molar-refractivity contribution in [2.75, 3.05) is 6.54 Å². The van der Waals surface area contributed by atoms with Crippen LogP contribution in [0.2, 0.25) is 0 Å². The molecule has 1 amide bonds. The fraction of sp³-hybridized carbons (Fsp3) is 0.300. The van der Waals surface area contributed by atoms with Crippen LogP contribution in [0.25, 0.3) is 0 Å². The van der Waals surface area contributed by atoms with Crippen LogP contribution in [0.3, 0.4) is 0 Å². The van der Waals surface area contributed by atoms with Gasteiger partial charge in [-0.25, -0.2) is 0 Å². The molecule has 4 nitrogen and oxygen atoms in total. The molecule has 0 aliphatic carbocycles. The highest BCUT2D eigenvalue weighted by molar-refractivity contribution is 6.20. The summed E-state index contributed by atoms with van der Waals surface area (Å²) in [5, 5.41) is 20.9. The minimum atomic E-state index is -0.462. The van der Waals surface area contributed by atoms with E-state index in [-0.39, 0.29) is 22.4 Å². The van der Waals surface area contributed by atoms with Gasteiger partial charge >= 0.3 is 0 Å². The fourth-order valence-corrected chi connectivity index (χ4v) is 1.11. The summed E-state index contributed by atoms with van der Waals surface area (Å²) in [6.45, 7) is 2.04. The second-order valence-electron chi connectivity index (χ2n) is 3.19. The Morgan fingerprint density at radius 2 is 2.20 bits per heavy atom. The van der Waals surface area contributed by atoms with Crippen molar-refractivity contribution in [2.45, 2.75) is 12.3 Å². The zero-order valence-electron chi connectivity index (χ0n) is 8.20. The number of nitrogens with one attached hydrogen (secondary N) is 1. The Balaban J connectivity index is 2.77. The van der Waals surface area contributed by atoms with Crippen LogP contribution in [-0.2, 0) is 0 Å². The van der Waals surface area contributed by atoms with Crippen LogP contribution >= 0.6 is 11.6 Å². The van der Waals surface area contributed by atoms with E-state index < -0.39 is 5.91 Å². The molecule has 0 radical (unpaired) electrons. The van der Waals surface area contributed by atoms with E-state index in [1.165, 1.54) is 18.2 Å². The molecule has 1 aromatic carbocycles. The van der Waals surface area contributed by atoms with E-state index in [0.717, 1.165) is 0 Å². The summed E-state index contributed by atoms with van der Waals surface area (Å²) in [4.78, 5) is 11.5. The number of phenols is 2. The van der Waals surface area contributed by atoms with Crippen molar-refractivity contribution in [1.29, 1.82) is 0 Å². The van der Waals surface area contributed by atoms with Crippen LogP contribution in [0.5, 0.6) is 11.5 Å². The molecule has 0 aliphatic rings. The Kier molecular flexibility index (Phi) is 3.80. The van der Waals surface area contributed by atoms with E-state index in [4.69, 9.17) is 16.7 Å². The van der Waals surface area contributed by atoms with Gasteiger partial charge in [-0.2, -0.15) is 0 Å². The molecular weight excluding hydrogens is 218 g/mol. The number of carbonyl (C=O) groups is 1. The summed E-state index contributed by atoms with van der Waals surface area (Å²) in [5.41, 5.74) is 0.0346. The topological polar surface area (TPSA) is 69.6 Å². The second kappa shape index (κ2) is 4.89. The largest absolute Gasteiger partial charge is 0.508 e. The van der Waals surface area contributed by atoms with Gasteiger partial charge in [0.25, 0.3) is 5.91 Å². The maximum Gasteiger partial charge on any atom is 0.255 e. The van der Waals surface area contributed by atoms with Gasteiger partial charge in [-0.05, 0) is 25.1 Å². The summed E-state index contributed by atoms with van der Waals surface area (Å²) in [7, 11) is 0. The lowest BCUT2D eigenvalue weighted by atomic mass is 10.2. The molecule has 0 spiro atoms. The number of benzene rings is 1. The Bertz CT molecular complexity index is 366. The van der Waals surface area contributed by atoms with Gasteiger partial charge in [0.05, 0.1) is 5.56 Å². The van der Waals surface area contributed by atoms with Crippen molar-refractivity contribution in [3.63, 3.8) is 0 Å².